The highest BCUT2D eigenvalue weighted by Gasteiger charge is 2.46. The lowest BCUT2D eigenvalue weighted by atomic mass is 9.88. The predicted octanol–water partition coefficient (Wildman–Crippen LogP) is 8.46. The van der Waals surface area contributed by atoms with Crippen molar-refractivity contribution in [3.8, 4) is 0 Å². The van der Waals surface area contributed by atoms with Crippen LogP contribution < -0.4 is 0 Å². The van der Waals surface area contributed by atoms with Gasteiger partial charge in [-0.3, -0.25) is 9.59 Å². The van der Waals surface area contributed by atoms with E-state index in [-0.39, 0.29) is 60.6 Å². The second-order valence-electron chi connectivity index (χ2n) is 14.8. The van der Waals surface area contributed by atoms with Crippen LogP contribution >= 0.6 is 11.6 Å². The van der Waals surface area contributed by atoms with Crippen molar-refractivity contribution in [2.24, 2.45) is 17.8 Å². The van der Waals surface area contributed by atoms with Crippen molar-refractivity contribution in [2.45, 2.75) is 176 Å². The van der Waals surface area contributed by atoms with Crippen molar-refractivity contribution in [1.29, 1.82) is 0 Å². The van der Waals surface area contributed by atoms with E-state index in [1.807, 2.05) is 66.7 Å². The summed E-state index contributed by atoms with van der Waals surface area (Å²) in [5, 5.41) is 0. The molecule has 13 atom stereocenters. The molecule has 2 aliphatic rings. The number of cyclic esters (lactones) is 1. The van der Waals surface area contributed by atoms with Crippen molar-refractivity contribution in [3.63, 3.8) is 0 Å². The summed E-state index contributed by atoms with van der Waals surface area (Å²) in [5.41, 5.74) is -0.181. The van der Waals surface area contributed by atoms with Gasteiger partial charge in [0.25, 0.3) is 0 Å². The smallest absolute Gasteiger partial charge is 0.321 e. The van der Waals surface area contributed by atoms with E-state index in [0.717, 1.165) is 18.4 Å². The van der Waals surface area contributed by atoms with E-state index < -0.39 is 42.5 Å². The molecule has 11 nitrogen and oxygen atoms in total. The van der Waals surface area contributed by atoms with E-state index >= 15 is 0 Å². The SMILES string of the molecule is CCOC(C)OC1CCC(C)(OC(C)OCC)C(OC(=O)CCl)C=CC(C)C(C(C)=CC=CC(C)CC2OC2C(C)C(CC)OC(C)OCC)OC(=O)C1. The molecule has 0 aromatic carbocycles. The van der Waals surface area contributed by atoms with Gasteiger partial charge in [-0.15, -0.1) is 11.6 Å². The van der Waals surface area contributed by atoms with Gasteiger partial charge >= 0.3 is 11.9 Å². The van der Waals surface area contributed by atoms with Crippen LogP contribution in [0, 0.1) is 17.8 Å². The van der Waals surface area contributed by atoms with E-state index in [2.05, 4.69) is 26.8 Å². The Morgan fingerprint density at radius 1 is 1.00 bits per heavy atom. The first-order valence-electron chi connectivity index (χ1n) is 20.1. The Labute approximate surface area is 330 Å². The van der Waals surface area contributed by atoms with Crippen LogP contribution in [0.5, 0.6) is 0 Å². The molecule has 0 N–H and O–H groups in total. The molecule has 0 aliphatic carbocycles. The summed E-state index contributed by atoms with van der Waals surface area (Å²) in [7, 11) is 0. The van der Waals surface area contributed by atoms with Crippen molar-refractivity contribution in [3.05, 3.63) is 36.0 Å². The maximum absolute atomic E-state index is 13.6. The minimum atomic E-state index is -1.04. The molecule has 2 aliphatic heterocycles. The van der Waals surface area contributed by atoms with Crippen molar-refractivity contribution >= 4 is 23.5 Å². The van der Waals surface area contributed by atoms with Gasteiger partial charge in [-0.25, -0.2) is 0 Å². The molecule has 1 saturated heterocycles. The van der Waals surface area contributed by atoms with Crippen LogP contribution in [0.4, 0.5) is 0 Å². The Kier molecular flexibility index (Phi) is 22.1. The molecule has 0 aromatic heterocycles. The molecule has 0 amide bonds. The lowest BCUT2D eigenvalue weighted by Crippen LogP contribution is -2.47. The fourth-order valence-corrected chi connectivity index (χ4v) is 7.17. The van der Waals surface area contributed by atoms with Gasteiger partial charge in [0, 0.05) is 31.7 Å². The van der Waals surface area contributed by atoms with Crippen LogP contribution in [-0.4, -0.2) is 98.7 Å². The first-order valence-corrected chi connectivity index (χ1v) is 20.6. The summed E-state index contributed by atoms with van der Waals surface area (Å²) >= 11 is 5.90. The zero-order valence-electron chi connectivity index (χ0n) is 35.0. The summed E-state index contributed by atoms with van der Waals surface area (Å²) in [5.74, 6) is -1.04. The molecular weight excluding hydrogens is 716 g/mol. The summed E-state index contributed by atoms with van der Waals surface area (Å²) < 4.78 is 54.0. The van der Waals surface area contributed by atoms with E-state index in [4.69, 9.17) is 54.2 Å². The fraction of sp³-hybridized carbons (Fsp3) is 0.810. The Morgan fingerprint density at radius 2 is 1.65 bits per heavy atom. The molecule has 0 bridgehead atoms. The molecule has 0 radical (unpaired) electrons. The number of allylic oxidation sites excluding steroid dienone is 3. The standard InChI is InChI=1S/C42H71ClO11/c1-13-35(50-32(10)47-15-3)30(8)41-36(51-41)24-27(5)18-17-19-28(6)40-29(7)20-21-37(52-39(45)26-43)42(12,54-33(11)48-16-4)23-22-34(25-38(44)53-40)49-31(9)46-14-2/h17-21,27,29-37,40-41H,13-16,22-26H2,1-12H3. The van der Waals surface area contributed by atoms with E-state index in [0.29, 0.717) is 32.7 Å². The van der Waals surface area contributed by atoms with Crippen LogP contribution in [-0.2, 0) is 52.2 Å². The Balaban J connectivity index is 2.31. The van der Waals surface area contributed by atoms with Crippen molar-refractivity contribution in [1.82, 2.24) is 0 Å². The molecule has 0 aromatic rings. The number of halogens is 1. The molecule has 2 rings (SSSR count). The summed E-state index contributed by atoms with van der Waals surface area (Å²) in [6.07, 6.45) is 9.47. The molecule has 312 valence electrons. The van der Waals surface area contributed by atoms with Crippen LogP contribution in [0.15, 0.2) is 36.0 Å². The van der Waals surface area contributed by atoms with Gasteiger partial charge in [0.05, 0.1) is 30.8 Å². The molecule has 12 heteroatoms. The number of hydrogen-bond donors (Lipinski definition) is 0. The third kappa shape index (κ3) is 16.7. The zero-order chi connectivity index (χ0) is 40.4. The molecule has 13 unspecified atom stereocenters. The van der Waals surface area contributed by atoms with Gasteiger partial charge in [-0.1, -0.05) is 52.0 Å². The first kappa shape index (κ1) is 48.3. The summed E-state index contributed by atoms with van der Waals surface area (Å²) in [6.45, 7) is 25.1. The van der Waals surface area contributed by atoms with E-state index in [1.54, 1.807) is 19.9 Å². The highest BCUT2D eigenvalue weighted by molar-refractivity contribution is 6.26. The normalized spacial score (nSPS) is 30.4. The van der Waals surface area contributed by atoms with E-state index in [1.165, 1.54) is 0 Å². The number of carbonyl (C=O) groups is 2. The van der Waals surface area contributed by atoms with Gasteiger partial charge in [0.1, 0.15) is 23.7 Å². The highest BCUT2D eigenvalue weighted by atomic mass is 35.5. The fourth-order valence-electron chi connectivity index (χ4n) is 7.10. The van der Waals surface area contributed by atoms with Crippen molar-refractivity contribution < 1.29 is 52.2 Å². The average molecular weight is 787 g/mol. The highest BCUT2D eigenvalue weighted by Crippen LogP contribution is 2.38. The number of alkyl halides is 1. The number of ether oxygens (including phenoxy) is 9. The summed E-state index contributed by atoms with van der Waals surface area (Å²) in [4.78, 5) is 26.2. The maximum atomic E-state index is 13.6. The number of rotatable bonds is 22. The van der Waals surface area contributed by atoms with Crippen LogP contribution in [0.2, 0.25) is 0 Å². The first-order chi connectivity index (χ1) is 25.6. The Hall–Kier alpha value is -1.83. The largest absolute Gasteiger partial charge is 0.457 e. The summed E-state index contributed by atoms with van der Waals surface area (Å²) in [6, 6.07) is 0. The Morgan fingerprint density at radius 3 is 2.28 bits per heavy atom. The number of esters is 2. The van der Waals surface area contributed by atoms with Crippen LogP contribution in [0.25, 0.3) is 0 Å². The van der Waals surface area contributed by atoms with Gasteiger partial charge in [0.15, 0.2) is 18.9 Å². The minimum Gasteiger partial charge on any atom is -0.457 e. The maximum Gasteiger partial charge on any atom is 0.321 e. The zero-order valence-corrected chi connectivity index (χ0v) is 35.8. The quantitative estimate of drug-likeness (QED) is 0.0263. The van der Waals surface area contributed by atoms with Gasteiger partial charge in [0.2, 0.25) is 0 Å². The average Bonchev–Trinajstić information content (AvgIpc) is 3.88. The lowest BCUT2D eigenvalue weighted by molar-refractivity contribution is -0.230. The van der Waals surface area contributed by atoms with Gasteiger partial charge in [-0.05, 0) is 98.6 Å². The molecule has 0 saturated carbocycles. The number of hydrogen-bond acceptors (Lipinski definition) is 11. The Bertz CT molecular complexity index is 1190. The lowest BCUT2D eigenvalue weighted by Gasteiger charge is -2.39. The topological polar surface area (TPSA) is 121 Å². The second-order valence-corrected chi connectivity index (χ2v) is 15.1. The monoisotopic (exact) mass is 786 g/mol. The second kappa shape index (κ2) is 24.7. The number of epoxide rings is 1. The minimum absolute atomic E-state index is 0.00315. The van der Waals surface area contributed by atoms with Crippen LogP contribution in [0.1, 0.15) is 115 Å². The molecule has 54 heavy (non-hydrogen) atoms. The third-order valence-electron chi connectivity index (χ3n) is 10.0. The molecule has 1 fully saturated rings. The van der Waals surface area contributed by atoms with Crippen molar-refractivity contribution in [2.75, 3.05) is 25.7 Å². The van der Waals surface area contributed by atoms with E-state index in [9.17, 15) is 9.59 Å². The number of carbonyl (C=O) groups excluding carboxylic acids is 2. The van der Waals surface area contributed by atoms with Crippen LogP contribution in [0.3, 0.4) is 0 Å². The molecular formula is C42H71ClO11. The van der Waals surface area contributed by atoms with Gasteiger partial charge in [-0.2, -0.15) is 0 Å². The predicted molar refractivity (Wildman–Crippen MR) is 210 cm³/mol. The third-order valence-corrected chi connectivity index (χ3v) is 10.2. The van der Waals surface area contributed by atoms with Gasteiger partial charge < -0.3 is 42.6 Å². The molecule has 2 heterocycles. The molecule has 0 spiro atoms.